The van der Waals surface area contributed by atoms with Gasteiger partial charge in [-0.2, -0.15) is 5.26 Å². The number of hydrogen-bond acceptors (Lipinski definition) is 4. The van der Waals surface area contributed by atoms with Gasteiger partial charge in [-0.05, 0) is 63.8 Å². The third-order valence-electron chi connectivity index (χ3n) is 3.80. The highest BCUT2D eigenvalue weighted by Gasteiger charge is 2.36. The lowest BCUT2D eigenvalue weighted by Gasteiger charge is -2.35. The van der Waals surface area contributed by atoms with Crippen molar-refractivity contribution in [2.45, 2.75) is 62.3 Å². The number of nitrogens with one attached hydrogen (secondary N) is 1. The van der Waals surface area contributed by atoms with Gasteiger partial charge in [-0.1, -0.05) is 6.92 Å². The third kappa shape index (κ3) is 3.74. The van der Waals surface area contributed by atoms with Gasteiger partial charge in [-0.15, -0.1) is 11.8 Å². The molecule has 1 heterocycles. The van der Waals surface area contributed by atoms with Crippen LogP contribution in [0.4, 0.5) is 0 Å². The summed E-state index contributed by atoms with van der Waals surface area (Å²) < 4.78 is 0. The van der Waals surface area contributed by atoms with Crippen LogP contribution < -0.4 is 5.32 Å². The van der Waals surface area contributed by atoms with Gasteiger partial charge in [0.15, 0.2) is 0 Å². The van der Waals surface area contributed by atoms with Gasteiger partial charge in [-0.3, -0.25) is 5.32 Å². The summed E-state index contributed by atoms with van der Waals surface area (Å²) in [4.78, 5) is 4.61. The number of aromatic nitrogens is 1. The molecule has 1 saturated carbocycles. The van der Waals surface area contributed by atoms with E-state index in [4.69, 9.17) is 0 Å². The molecule has 3 nitrogen and oxygen atoms in total. The maximum atomic E-state index is 9.51. The highest BCUT2D eigenvalue weighted by atomic mass is 32.2. The summed E-state index contributed by atoms with van der Waals surface area (Å²) >= 11 is 1.83. The lowest BCUT2D eigenvalue weighted by molar-refractivity contribution is 0.309. The molecule has 1 aromatic heterocycles. The first kappa shape index (κ1) is 15.3. The zero-order valence-electron chi connectivity index (χ0n) is 12.6. The van der Waals surface area contributed by atoms with Crippen LogP contribution >= 0.6 is 11.8 Å². The van der Waals surface area contributed by atoms with Gasteiger partial charge in [0.25, 0.3) is 0 Å². The molecule has 1 fully saturated rings. The Bertz CT molecular complexity index is 485. The fraction of sp³-hybridized carbons (Fsp3) is 0.625. The summed E-state index contributed by atoms with van der Waals surface area (Å²) in [6.45, 7) is 7.07. The average molecular weight is 289 g/mol. The molecule has 1 N–H and O–H groups in total. The first-order chi connectivity index (χ1) is 9.57. The van der Waals surface area contributed by atoms with E-state index in [9.17, 15) is 5.26 Å². The normalized spacial score (nSPS) is 26.2. The molecule has 0 radical (unpaired) electrons. The Kier molecular flexibility index (Phi) is 5.06. The van der Waals surface area contributed by atoms with Crippen molar-refractivity contribution < 1.29 is 0 Å². The van der Waals surface area contributed by atoms with Crippen molar-refractivity contribution in [3.63, 3.8) is 0 Å². The molecular weight excluding hydrogens is 266 g/mol. The smallest absolute Gasteiger partial charge is 0.107 e. The van der Waals surface area contributed by atoms with E-state index >= 15 is 0 Å². The van der Waals surface area contributed by atoms with E-state index < -0.39 is 0 Å². The molecule has 108 valence electrons. The van der Waals surface area contributed by atoms with Crippen molar-refractivity contribution in [2.24, 2.45) is 0 Å². The van der Waals surface area contributed by atoms with Gasteiger partial charge in [0.05, 0.1) is 11.1 Å². The molecule has 1 aliphatic carbocycles. The molecule has 2 unspecified atom stereocenters. The van der Waals surface area contributed by atoms with Crippen LogP contribution in [0.25, 0.3) is 0 Å². The molecule has 4 heteroatoms. The van der Waals surface area contributed by atoms with Gasteiger partial charge in [0.1, 0.15) is 5.54 Å². The van der Waals surface area contributed by atoms with Gasteiger partial charge in [0.2, 0.25) is 0 Å². The molecule has 0 aliphatic heterocycles. The summed E-state index contributed by atoms with van der Waals surface area (Å²) in [5.41, 5.74) is 2.00. The fourth-order valence-corrected chi connectivity index (χ4v) is 4.44. The average Bonchev–Trinajstić information content (AvgIpc) is 2.38. The standard InChI is InChI=1S/C16H23N3S/c1-4-18-16(11-17)7-5-6-14(10-16)20-15-9-12(2)8-13(3)19-15/h8-9,14,18H,4-7,10H2,1-3H3. The minimum atomic E-state index is -0.330. The molecular formula is C16H23N3S. The summed E-state index contributed by atoms with van der Waals surface area (Å²) in [6.07, 6.45) is 4.17. The zero-order valence-corrected chi connectivity index (χ0v) is 13.4. The Morgan fingerprint density at radius 2 is 2.30 bits per heavy atom. The number of hydrogen-bond donors (Lipinski definition) is 1. The molecule has 2 rings (SSSR count). The van der Waals surface area contributed by atoms with Crippen LogP contribution in [0.1, 0.15) is 43.9 Å². The Labute approximate surface area is 126 Å². The van der Waals surface area contributed by atoms with Crippen LogP contribution in [0.2, 0.25) is 0 Å². The van der Waals surface area contributed by atoms with Crippen LogP contribution in [-0.4, -0.2) is 22.3 Å². The van der Waals surface area contributed by atoms with E-state index in [1.165, 1.54) is 12.0 Å². The second kappa shape index (κ2) is 6.60. The van der Waals surface area contributed by atoms with E-state index in [2.05, 4.69) is 42.4 Å². The van der Waals surface area contributed by atoms with E-state index in [1.54, 1.807) is 0 Å². The minimum absolute atomic E-state index is 0.330. The van der Waals surface area contributed by atoms with E-state index in [-0.39, 0.29) is 5.54 Å². The highest BCUT2D eigenvalue weighted by molar-refractivity contribution is 7.99. The minimum Gasteiger partial charge on any atom is -0.300 e. The lowest BCUT2D eigenvalue weighted by atomic mass is 9.82. The summed E-state index contributed by atoms with van der Waals surface area (Å²) in [5.74, 6) is 0. The van der Waals surface area contributed by atoms with E-state index in [0.29, 0.717) is 5.25 Å². The van der Waals surface area contributed by atoms with E-state index in [0.717, 1.165) is 36.5 Å². The van der Waals surface area contributed by atoms with Gasteiger partial charge in [-0.25, -0.2) is 4.98 Å². The lowest BCUT2D eigenvalue weighted by Crippen LogP contribution is -2.48. The Hall–Kier alpha value is -1.05. The Morgan fingerprint density at radius 1 is 1.50 bits per heavy atom. The largest absolute Gasteiger partial charge is 0.300 e. The molecule has 0 bridgehead atoms. The second-order valence-electron chi connectivity index (χ2n) is 5.68. The van der Waals surface area contributed by atoms with Crippen molar-refractivity contribution >= 4 is 11.8 Å². The number of thioether (sulfide) groups is 1. The number of nitriles is 1. The van der Waals surface area contributed by atoms with Crippen LogP contribution in [0, 0.1) is 25.2 Å². The molecule has 2 atom stereocenters. The molecule has 0 amide bonds. The zero-order chi connectivity index (χ0) is 14.6. The monoisotopic (exact) mass is 289 g/mol. The van der Waals surface area contributed by atoms with Crippen LogP contribution in [0.15, 0.2) is 17.2 Å². The van der Waals surface area contributed by atoms with Crippen LogP contribution in [0.3, 0.4) is 0 Å². The molecule has 1 aromatic rings. The third-order valence-corrected chi connectivity index (χ3v) is 4.98. The number of pyridine rings is 1. The number of rotatable bonds is 4. The molecule has 0 aromatic carbocycles. The Balaban J connectivity index is 2.08. The molecule has 1 aliphatic rings. The highest BCUT2D eigenvalue weighted by Crippen LogP contribution is 2.37. The van der Waals surface area contributed by atoms with Gasteiger partial charge < -0.3 is 0 Å². The van der Waals surface area contributed by atoms with Crippen molar-refractivity contribution in [1.29, 1.82) is 5.26 Å². The quantitative estimate of drug-likeness (QED) is 0.920. The fourth-order valence-electron chi connectivity index (χ4n) is 3.00. The molecule has 20 heavy (non-hydrogen) atoms. The Morgan fingerprint density at radius 3 is 2.95 bits per heavy atom. The number of aryl methyl sites for hydroxylation is 2. The maximum absolute atomic E-state index is 9.51. The van der Waals surface area contributed by atoms with Crippen molar-refractivity contribution in [2.75, 3.05) is 6.54 Å². The predicted molar refractivity (Wildman–Crippen MR) is 83.8 cm³/mol. The first-order valence-electron chi connectivity index (χ1n) is 7.35. The van der Waals surface area contributed by atoms with Gasteiger partial charge in [0, 0.05) is 10.9 Å². The molecule has 0 spiro atoms. The molecule has 0 saturated heterocycles. The van der Waals surface area contributed by atoms with Gasteiger partial charge >= 0.3 is 0 Å². The SMILES string of the molecule is CCNC1(C#N)CCCC(Sc2cc(C)cc(C)n2)C1. The van der Waals surface area contributed by atoms with Crippen LogP contribution in [-0.2, 0) is 0 Å². The summed E-state index contributed by atoms with van der Waals surface area (Å²) in [7, 11) is 0. The van der Waals surface area contributed by atoms with Crippen molar-refractivity contribution in [1.82, 2.24) is 10.3 Å². The van der Waals surface area contributed by atoms with Crippen molar-refractivity contribution in [3.8, 4) is 6.07 Å². The topological polar surface area (TPSA) is 48.7 Å². The maximum Gasteiger partial charge on any atom is 0.107 e. The second-order valence-corrected chi connectivity index (χ2v) is 7.01. The number of nitrogens with zero attached hydrogens (tertiary/aromatic N) is 2. The summed E-state index contributed by atoms with van der Waals surface area (Å²) in [5, 5.41) is 14.5. The predicted octanol–water partition coefficient (Wildman–Crippen LogP) is 3.61. The van der Waals surface area contributed by atoms with Crippen molar-refractivity contribution in [3.05, 3.63) is 23.4 Å². The van der Waals surface area contributed by atoms with E-state index in [1.807, 2.05) is 18.7 Å². The summed E-state index contributed by atoms with van der Waals surface area (Å²) in [6, 6.07) is 6.76. The van der Waals surface area contributed by atoms with Crippen LogP contribution in [0.5, 0.6) is 0 Å². The first-order valence-corrected chi connectivity index (χ1v) is 8.23.